The first-order chi connectivity index (χ1) is 18.9. The summed E-state index contributed by atoms with van der Waals surface area (Å²) in [5.41, 5.74) is 4.29. The number of nitrogens with zero attached hydrogens (tertiary/aromatic N) is 2. The molecule has 2 heterocycles. The molecule has 0 bridgehead atoms. The highest BCUT2D eigenvalue weighted by atomic mass is 33.1. The van der Waals surface area contributed by atoms with E-state index in [0.29, 0.717) is 13.1 Å². The number of pyridine rings is 2. The van der Waals surface area contributed by atoms with Gasteiger partial charge in [-0.3, -0.25) is 9.59 Å². The van der Waals surface area contributed by atoms with Crippen LogP contribution in [0.5, 0.6) is 0 Å². The number of rotatable bonds is 13. The molecule has 2 aromatic heterocycles. The van der Waals surface area contributed by atoms with Crippen LogP contribution < -0.4 is 25.1 Å². The Balaban J connectivity index is 0.000000568. The highest BCUT2D eigenvalue weighted by molar-refractivity contribution is 8.76. The van der Waals surface area contributed by atoms with E-state index in [2.05, 4.69) is 57.4 Å². The zero-order chi connectivity index (χ0) is 28.3. The molecule has 206 valence electrons. The Hall–Kier alpha value is -3.56. The molecule has 0 saturated carbocycles. The van der Waals surface area contributed by atoms with E-state index in [9.17, 15) is 9.59 Å². The van der Waals surface area contributed by atoms with Gasteiger partial charge >= 0.3 is 0 Å². The number of carbonyl (C=O) groups excluding carboxylic acids is 2. The van der Waals surface area contributed by atoms with Crippen LogP contribution >= 0.6 is 21.6 Å². The van der Waals surface area contributed by atoms with Crippen molar-refractivity contribution in [2.24, 2.45) is 0 Å². The van der Waals surface area contributed by atoms with Crippen molar-refractivity contribution < 1.29 is 19.1 Å². The van der Waals surface area contributed by atoms with E-state index in [4.69, 9.17) is 0 Å². The number of carbonyl (C=O) groups is 2. The lowest BCUT2D eigenvalue weighted by molar-refractivity contribution is -0.686. The molecule has 0 aliphatic rings. The fourth-order valence-corrected chi connectivity index (χ4v) is 5.03. The largest absolute Gasteiger partial charge is 0.378 e. The average Bonchev–Trinajstić information content (AvgIpc) is 2.95. The van der Waals surface area contributed by atoms with Gasteiger partial charge in [-0.1, -0.05) is 40.3 Å². The van der Waals surface area contributed by atoms with E-state index in [1.165, 1.54) is 6.92 Å². The fourth-order valence-electron chi connectivity index (χ4n) is 3.21. The summed E-state index contributed by atoms with van der Waals surface area (Å²) in [5.74, 6) is 1.66. The number of H-pyrrole nitrogens is 1. The number of anilines is 1. The molecule has 0 aliphatic heterocycles. The van der Waals surface area contributed by atoms with Crippen LogP contribution in [0, 0.1) is 0 Å². The number of aromatic nitrogens is 2. The molecule has 9 heteroatoms. The van der Waals surface area contributed by atoms with Crippen LogP contribution in [0.2, 0.25) is 0 Å². The van der Waals surface area contributed by atoms with Gasteiger partial charge in [0.15, 0.2) is 12.4 Å². The summed E-state index contributed by atoms with van der Waals surface area (Å²) in [5, 5.41) is 5.73. The minimum atomic E-state index is -0.00923. The van der Waals surface area contributed by atoms with Crippen LogP contribution in [0.25, 0.3) is 18.2 Å². The third-order valence-electron chi connectivity index (χ3n) is 5.25. The van der Waals surface area contributed by atoms with Gasteiger partial charge in [-0.15, -0.1) is 0 Å². The molecule has 1 aromatic carbocycles. The summed E-state index contributed by atoms with van der Waals surface area (Å²) >= 11 is 0. The van der Waals surface area contributed by atoms with E-state index in [0.717, 1.165) is 34.1 Å². The fraction of sp³-hybridized carbons (Fsp3) is 0.267. The molecule has 0 unspecified atom stereocenters. The molecule has 0 atom stereocenters. The summed E-state index contributed by atoms with van der Waals surface area (Å²) in [6, 6.07) is 20.1. The van der Waals surface area contributed by atoms with Gasteiger partial charge in [0.05, 0.1) is 0 Å². The van der Waals surface area contributed by atoms with Gasteiger partial charge in [0.2, 0.25) is 23.8 Å². The number of nitrogens with one attached hydrogen (secondary N) is 3. The van der Waals surface area contributed by atoms with Gasteiger partial charge in [0, 0.05) is 87.7 Å². The van der Waals surface area contributed by atoms with Crippen LogP contribution in [-0.4, -0.2) is 50.5 Å². The van der Waals surface area contributed by atoms with Gasteiger partial charge in [0.25, 0.3) is 5.91 Å². The summed E-state index contributed by atoms with van der Waals surface area (Å²) in [4.78, 5) is 28.2. The molecule has 2 amide bonds. The quantitative estimate of drug-likeness (QED) is 0.186. The van der Waals surface area contributed by atoms with Crippen LogP contribution in [-0.2, 0) is 16.1 Å². The van der Waals surface area contributed by atoms with Crippen molar-refractivity contribution >= 4 is 57.3 Å². The average molecular weight is 566 g/mol. The van der Waals surface area contributed by atoms with E-state index in [1.54, 1.807) is 27.7 Å². The molecular weight excluding hydrogens is 526 g/mol. The Kier molecular flexibility index (Phi) is 15.1. The van der Waals surface area contributed by atoms with Crippen LogP contribution in [0.4, 0.5) is 5.69 Å². The molecule has 39 heavy (non-hydrogen) atoms. The van der Waals surface area contributed by atoms with Crippen molar-refractivity contribution in [3.05, 3.63) is 96.6 Å². The lowest BCUT2D eigenvalue weighted by Gasteiger charge is -2.11. The van der Waals surface area contributed by atoms with Crippen LogP contribution in [0.3, 0.4) is 0 Å². The molecule has 0 spiro atoms. The first-order valence-electron chi connectivity index (χ1n) is 12.7. The molecule has 0 radical (unpaired) electrons. The zero-order valence-electron chi connectivity index (χ0n) is 22.9. The van der Waals surface area contributed by atoms with E-state index in [-0.39, 0.29) is 18.4 Å². The Morgan fingerprint density at radius 1 is 0.949 bits per heavy atom. The molecule has 3 aromatic rings. The highest BCUT2D eigenvalue weighted by Crippen LogP contribution is 2.19. The van der Waals surface area contributed by atoms with Gasteiger partial charge < -0.3 is 15.5 Å². The smallest absolute Gasteiger partial charge is 0.286 e. The zero-order valence-corrected chi connectivity index (χ0v) is 24.6. The maximum atomic E-state index is 12.3. The second-order valence-electron chi connectivity index (χ2n) is 8.57. The number of benzene rings is 1. The third kappa shape index (κ3) is 13.7. The molecule has 3 N–H and O–H groups in total. The van der Waals surface area contributed by atoms with E-state index >= 15 is 0 Å². The first kappa shape index (κ1) is 31.7. The molecule has 0 fully saturated rings. The van der Waals surface area contributed by atoms with Crippen molar-refractivity contribution in [2.45, 2.75) is 13.5 Å². The number of hydrogen-bond acceptors (Lipinski definition) is 5. The van der Waals surface area contributed by atoms with Crippen LogP contribution in [0.1, 0.15) is 23.9 Å². The van der Waals surface area contributed by atoms with Crippen molar-refractivity contribution in [3.63, 3.8) is 0 Å². The van der Waals surface area contributed by atoms with Gasteiger partial charge in [-0.05, 0) is 35.9 Å². The topological polar surface area (TPSA) is 79.5 Å². The molecule has 3 rings (SSSR count). The van der Waals surface area contributed by atoms with Crippen molar-refractivity contribution in [3.8, 4) is 0 Å². The lowest BCUT2D eigenvalue weighted by atomic mass is 10.1. The molecule has 0 aliphatic carbocycles. The Labute approximate surface area is 240 Å². The monoisotopic (exact) mass is 565 g/mol. The third-order valence-corrected chi connectivity index (χ3v) is 7.66. The maximum absolute atomic E-state index is 12.3. The van der Waals surface area contributed by atoms with Crippen molar-refractivity contribution in [2.75, 3.05) is 43.6 Å². The molecule has 7 nitrogen and oxygen atoms in total. The number of hydrogen-bond donors (Lipinski definition) is 2. The predicted molar refractivity (Wildman–Crippen MR) is 166 cm³/mol. The van der Waals surface area contributed by atoms with Crippen molar-refractivity contribution in [1.82, 2.24) is 10.6 Å². The summed E-state index contributed by atoms with van der Waals surface area (Å²) in [6.45, 7) is 6.68. The van der Waals surface area contributed by atoms with E-state index in [1.807, 2.05) is 73.5 Å². The minimum Gasteiger partial charge on any atom is -0.378 e. The van der Waals surface area contributed by atoms with Gasteiger partial charge in [-0.2, -0.15) is 4.57 Å². The Morgan fingerprint density at radius 3 is 2.23 bits per heavy atom. The van der Waals surface area contributed by atoms with Crippen molar-refractivity contribution in [1.29, 1.82) is 0 Å². The second kappa shape index (κ2) is 18.7. The predicted octanol–water partition coefficient (Wildman–Crippen LogP) is 3.99. The Morgan fingerprint density at radius 2 is 1.64 bits per heavy atom. The normalized spacial score (nSPS) is 10.3. The maximum Gasteiger partial charge on any atom is 0.286 e. The minimum absolute atomic E-state index is 0.00674. The van der Waals surface area contributed by atoms with Crippen LogP contribution in [0.15, 0.2) is 79.6 Å². The SMILES string of the molecule is C=Cc1cccc[nH+]1.CC(=O)NCCSSCCNC(=O)C[n+]1ccccc1/C=C/c1ccc(N(C)C)cc1. The van der Waals surface area contributed by atoms with Gasteiger partial charge in [0.1, 0.15) is 0 Å². The standard InChI is InChI=1S/C23H30N4O2S2.C7H7N/c1-19(28)24-13-16-30-31-17-14-25-23(29)18-27-15-5-4-6-22(27)12-9-20-7-10-21(11-8-20)26(2)3;1-2-7-5-3-4-6-8-7/h4-12,15H,13-14,16-18H2,1-3H3,(H-,24,25,28,29);2-6H,1H2/p+2. The number of amides is 2. The summed E-state index contributed by atoms with van der Waals surface area (Å²) in [7, 11) is 7.43. The molecule has 0 saturated heterocycles. The highest BCUT2D eigenvalue weighted by Gasteiger charge is 2.12. The first-order valence-corrected chi connectivity index (χ1v) is 15.2. The Bertz CT molecular complexity index is 1190. The number of aromatic amines is 1. The second-order valence-corrected chi connectivity index (χ2v) is 11.3. The summed E-state index contributed by atoms with van der Waals surface area (Å²) in [6.07, 6.45) is 9.65. The lowest BCUT2D eigenvalue weighted by Crippen LogP contribution is -2.45. The molecular formula is C30H39N5O2S2+2. The van der Waals surface area contributed by atoms with Gasteiger partial charge in [-0.25, -0.2) is 4.98 Å². The summed E-state index contributed by atoms with van der Waals surface area (Å²) < 4.78 is 1.94. The van der Waals surface area contributed by atoms with E-state index < -0.39 is 0 Å².